The van der Waals surface area contributed by atoms with Gasteiger partial charge in [0.05, 0.1) is 5.92 Å². The van der Waals surface area contributed by atoms with Gasteiger partial charge in [-0.1, -0.05) is 24.3 Å². The number of nitrogens with one attached hydrogen (secondary N) is 2. The average Bonchev–Trinajstić information content (AvgIpc) is 3.30. The predicted molar refractivity (Wildman–Crippen MR) is 109 cm³/mol. The summed E-state index contributed by atoms with van der Waals surface area (Å²) in [4.78, 5) is 21.4. The van der Waals surface area contributed by atoms with E-state index in [9.17, 15) is 4.79 Å². The second-order valence-electron chi connectivity index (χ2n) is 8.31. The molecule has 2 fully saturated rings. The van der Waals surface area contributed by atoms with E-state index >= 15 is 0 Å². The van der Waals surface area contributed by atoms with Gasteiger partial charge in [-0.2, -0.15) is 4.98 Å². The van der Waals surface area contributed by atoms with Crippen LogP contribution in [0.1, 0.15) is 36.3 Å². The van der Waals surface area contributed by atoms with E-state index in [1.807, 2.05) is 18.3 Å². The molecule has 3 aliphatic rings. The number of carbonyl (C=O) groups excluding carboxylic acids is 1. The summed E-state index contributed by atoms with van der Waals surface area (Å²) in [6, 6.07) is 8.14. The maximum atomic E-state index is 12.1. The quantitative estimate of drug-likeness (QED) is 0.672. The zero-order valence-corrected chi connectivity index (χ0v) is 15.9. The number of carbonyl (C=O) groups is 1. The van der Waals surface area contributed by atoms with Gasteiger partial charge >= 0.3 is 0 Å². The zero-order valence-electron chi connectivity index (χ0n) is 15.9. The molecular weight excluding hydrogens is 350 g/mol. The Morgan fingerprint density at radius 2 is 2.04 bits per heavy atom. The molecule has 28 heavy (non-hydrogen) atoms. The fraction of sp³-hybridized carbons (Fsp3) is 0.409. The number of primary amides is 1. The van der Waals surface area contributed by atoms with Gasteiger partial charge in [-0.15, -0.1) is 0 Å². The molecular formula is C22H25N5O. The lowest BCUT2D eigenvalue weighted by Gasteiger charge is -2.28. The van der Waals surface area contributed by atoms with E-state index in [1.165, 1.54) is 18.4 Å². The van der Waals surface area contributed by atoms with Crippen LogP contribution in [0.15, 0.2) is 42.6 Å². The Labute approximate surface area is 164 Å². The van der Waals surface area contributed by atoms with Gasteiger partial charge in [0.15, 0.2) is 0 Å². The third-order valence-corrected chi connectivity index (χ3v) is 6.20. The molecule has 4 atom stereocenters. The smallest absolute Gasteiger partial charge is 0.229 e. The van der Waals surface area contributed by atoms with Crippen molar-refractivity contribution in [1.29, 1.82) is 0 Å². The minimum absolute atomic E-state index is 0.00622. The van der Waals surface area contributed by atoms with Gasteiger partial charge in [-0.25, -0.2) is 4.98 Å². The first-order valence-corrected chi connectivity index (χ1v) is 10.0. The molecule has 1 amide bonds. The number of amides is 1. The Hall–Kier alpha value is -2.89. The van der Waals surface area contributed by atoms with Gasteiger partial charge < -0.3 is 16.4 Å². The second-order valence-corrected chi connectivity index (χ2v) is 8.31. The molecule has 144 valence electrons. The van der Waals surface area contributed by atoms with Crippen molar-refractivity contribution >= 4 is 23.4 Å². The Morgan fingerprint density at radius 1 is 1.21 bits per heavy atom. The number of aromatic nitrogens is 2. The monoisotopic (exact) mass is 375 g/mol. The first-order chi connectivity index (χ1) is 13.6. The van der Waals surface area contributed by atoms with Crippen molar-refractivity contribution in [1.82, 2.24) is 9.97 Å². The van der Waals surface area contributed by atoms with Crippen molar-refractivity contribution in [2.75, 3.05) is 10.6 Å². The van der Waals surface area contributed by atoms with E-state index in [-0.39, 0.29) is 23.8 Å². The number of rotatable bonds is 6. The minimum Gasteiger partial charge on any atom is -0.369 e. The average molecular weight is 375 g/mol. The number of aryl methyl sites for hydroxylation is 1. The number of fused-ring (bicyclic) bond motifs is 2. The van der Waals surface area contributed by atoms with E-state index in [2.05, 4.69) is 46.8 Å². The largest absolute Gasteiger partial charge is 0.369 e. The lowest BCUT2D eigenvalue weighted by atomic mass is 9.88. The fourth-order valence-corrected chi connectivity index (χ4v) is 4.68. The van der Waals surface area contributed by atoms with Gasteiger partial charge in [0.25, 0.3) is 0 Å². The van der Waals surface area contributed by atoms with Crippen molar-refractivity contribution in [3.8, 4) is 0 Å². The highest BCUT2D eigenvalue weighted by Gasteiger charge is 2.48. The molecule has 2 aromatic rings. The molecule has 6 nitrogen and oxygen atoms in total. The molecule has 2 bridgehead atoms. The van der Waals surface area contributed by atoms with Crippen molar-refractivity contribution < 1.29 is 4.79 Å². The Morgan fingerprint density at radius 3 is 2.79 bits per heavy atom. The van der Waals surface area contributed by atoms with Crippen LogP contribution < -0.4 is 16.4 Å². The number of allylic oxidation sites excluding steroid dienone is 1. The summed E-state index contributed by atoms with van der Waals surface area (Å²) in [5.41, 5.74) is 9.01. The molecule has 3 aliphatic carbocycles. The van der Waals surface area contributed by atoms with Crippen molar-refractivity contribution in [3.63, 3.8) is 0 Å². The second kappa shape index (κ2) is 6.62. The highest BCUT2D eigenvalue weighted by atomic mass is 16.1. The van der Waals surface area contributed by atoms with Crippen LogP contribution >= 0.6 is 0 Å². The molecule has 4 N–H and O–H groups in total. The van der Waals surface area contributed by atoms with Crippen LogP contribution in [-0.2, 0) is 4.79 Å². The SMILES string of the molecule is Cc1cccc(Nc2ncc(C3CC3)c(NC3C4C=CC(C4)C3C(N)=O)n2)c1. The standard InChI is InChI=1S/C22H25N5O/c1-12-3-2-4-16(9-12)25-22-24-11-17(13-5-6-13)21(27-22)26-19-15-8-7-14(10-15)18(19)20(23)28/h2-4,7-9,11,13-15,18-19H,5-6,10H2,1H3,(H2,23,28)(H2,24,25,26,27). The molecule has 0 spiro atoms. The van der Waals surface area contributed by atoms with Crippen LogP contribution in [-0.4, -0.2) is 21.9 Å². The van der Waals surface area contributed by atoms with Crippen LogP contribution in [0.5, 0.6) is 0 Å². The van der Waals surface area contributed by atoms with Gasteiger partial charge in [-0.3, -0.25) is 4.79 Å². The first kappa shape index (κ1) is 17.2. The molecule has 1 aromatic carbocycles. The lowest BCUT2D eigenvalue weighted by molar-refractivity contribution is -0.122. The van der Waals surface area contributed by atoms with Crippen LogP contribution in [0.3, 0.4) is 0 Å². The topological polar surface area (TPSA) is 92.9 Å². The maximum Gasteiger partial charge on any atom is 0.229 e. The molecule has 4 unspecified atom stereocenters. The number of hydrogen-bond donors (Lipinski definition) is 3. The number of nitrogens with two attached hydrogens (primary N) is 1. The molecule has 5 rings (SSSR count). The Balaban J connectivity index is 1.44. The van der Waals surface area contributed by atoms with Gasteiger partial charge in [0, 0.05) is 23.5 Å². The number of anilines is 3. The van der Waals surface area contributed by atoms with Crippen molar-refractivity contribution in [2.24, 2.45) is 23.5 Å². The van der Waals surface area contributed by atoms with E-state index < -0.39 is 0 Å². The highest BCUT2D eigenvalue weighted by Crippen LogP contribution is 2.47. The van der Waals surface area contributed by atoms with Crippen LogP contribution in [0.2, 0.25) is 0 Å². The molecule has 1 aromatic heterocycles. The fourth-order valence-electron chi connectivity index (χ4n) is 4.68. The Bertz CT molecular complexity index is 952. The van der Waals surface area contributed by atoms with E-state index in [1.54, 1.807) is 0 Å². The van der Waals surface area contributed by atoms with Crippen molar-refractivity contribution in [3.05, 3.63) is 53.7 Å². The van der Waals surface area contributed by atoms with E-state index in [4.69, 9.17) is 10.7 Å². The molecule has 0 saturated heterocycles. The lowest BCUT2D eigenvalue weighted by Crippen LogP contribution is -2.41. The maximum absolute atomic E-state index is 12.1. The normalized spacial score (nSPS) is 27.8. The summed E-state index contributed by atoms with van der Waals surface area (Å²) in [7, 11) is 0. The van der Waals surface area contributed by atoms with Crippen molar-refractivity contribution in [2.45, 2.75) is 38.1 Å². The minimum atomic E-state index is -0.227. The molecule has 1 heterocycles. The molecule has 6 heteroatoms. The van der Waals surface area contributed by atoms with E-state index in [0.717, 1.165) is 23.5 Å². The molecule has 2 saturated carbocycles. The van der Waals surface area contributed by atoms with Crippen LogP contribution in [0, 0.1) is 24.7 Å². The van der Waals surface area contributed by atoms with Crippen LogP contribution in [0.4, 0.5) is 17.5 Å². The van der Waals surface area contributed by atoms with Gasteiger partial charge in [-0.05, 0) is 61.6 Å². The summed E-state index contributed by atoms with van der Waals surface area (Å²) in [6.07, 6.45) is 9.60. The Kier molecular flexibility index (Phi) is 4.07. The van der Waals surface area contributed by atoms with Crippen LogP contribution in [0.25, 0.3) is 0 Å². The van der Waals surface area contributed by atoms with E-state index in [0.29, 0.717) is 17.8 Å². The number of hydrogen-bond acceptors (Lipinski definition) is 5. The zero-order chi connectivity index (χ0) is 19.3. The van der Waals surface area contributed by atoms with Gasteiger partial charge in [0.1, 0.15) is 5.82 Å². The number of nitrogens with zero attached hydrogens (tertiary/aromatic N) is 2. The third kappa shape index (κ3) is 3.13. The third-order valence-electron chi connectivity index (χ3n) is 6.20. The summed E-state index contributed by atoms with van der Waals surface area (Å²) in [5, 5.41) is 6.88. The number of benzene rings is 1. The predicted octanol–water partition coefficient (Wildman–Crippen LogP) is 3.49. The molecule has 0 radical (unpaired) electrons. The molecule has 0 aliphatic heterocycles. The summed E-state index contributed by atoms with van der Waals surface area (Å²) in [6.45, 7) is 2.06. The first-order valence-electron chi connectivity index (χ1n) is 10.0. The summed E-state index contributed by atoms with van der Waals surface area (Å²) < 4.78 is 0. The summed E-state index contributed by atoms with van der Waals surface area (Å²) in [5.74, 6) is 2.09. The van der Waals surface area contributed by atoms with Gasteiger partial charge in [0.2, 0.25) is 11.9 Å². The summed E-state index contributed by atoms with van der Waals surface area (Å²) >= 11 is 0. The highest BCUT2D eigenvalue weighted by molar-refractivity contribution is 5.80.